The molecule has 0 N–H and O–H groups in total. The maximum Gasteiger partial charge on any atom is 0.338 e. The summed E-state index contributed by atoms with van der Waals surface area (Å²) in [6.07, 6.45) is 1.66. The molecule has 0 aromatic heterocycles. The number of halogens is 4. The molecule has 2 rings (SSSR count). The molecule has 0 unspecified atom stereocenters. The Morgan fingerprint density at radius 3 is 2.14 bits per heavy atom. The van der Waals surface area contributed by atoms with Crippen LogP contribution in [-0.4, -0.2) is 30.8 Å². The van der Waals surface area contributed by atoms with Crippen LogP contribution in [0, 0.1) is 44.0 Å². The van der Waals surface area contributed by atoms with E-state index < -0.39 is 47.0 Å². The molecule has 0 amide bonds. The predicted molar refractivity (Wildman–Crippen MR) is 103 cm³/mol. The van der Waals surface area contributed by atoms with E-state index in [1.807, 2.05) is 18.9 Å². The number of ether oxygens (including phenoxy) is 1. The summed E-state index contributed by atoms with van der Waals surface area (Å²) in [5.74, 6) is -7.05. The van der Waals surface area contributed by atoms with Gasteiger partial charge < -0.3 is 9.64 Å². The van der Waals surface area contributed by atoms with Gasteiger partial charge in [-0.3, -0.25) is 0 Å². The Hall–Kier alpha value is -2.90. The van der Waals surface area contributed by atoms with Crippen molar-refractivity contribution in [1.82, 2.24) is 4.90 Å². The van der Waals surface area contributed by atoms with Crippen LogP contribution in [0.15, 0.2) is 17.1 Å². The van der Waals surface area contributed by atoms with Gasteiger partial charge in [-0.15, -0.1) is 0 Å². The molecule has 29 heavy (non-hydrogen) atoms. The lowest BCUT2D eigenvalue weighted by atomic mass is 10.0. The Bertz CT molecular complexity index is 945. The molecule has 0 aliphatic carbocycles. The second-order valence-electron chi connectivity index (χ2n) is 6.64. The first-order valence-electron chi connectivity index (χ1n) is 8.93. The van der Waals surface area contributed by atoms with Crippen molar-refractivity contribution in [3.8, 4) is 0 Å². The highest BCUT2D eigenvalue weighted by atomic mass is 19.2. The van der Waals surface area contributed by atoms with Gasteiger partial charge in [0.1, 0.15) is 6.61 Å². The van der Waals surface area contributed by atoms with Crippen molar-refractivity contribution in [3.05, 3.63) is 63.2 Å². The second kappa shape index (κ2) is 9.07. The Kier molecular flexibility index (Phi) is 7.00. The van der Waals surface area contributed by atoms with Crippen molar-refractivity contribution in [1.29, 1.82) is 0 Å². The maximum absolute atomic E-state index is 13.9. The van der Waals surface area contributed by atoms with E-state index in [0.29, 0.717) is 11.3 Å². The molecule has 0 aliphatic rings. The number of hydrogen-bond acceptors (Lipinski definition) is 3. The predicted octanol–water partition coefficient (Wildman–Crippen LogP) is 5.14. The lowest BCUT2D eigenvalue weighted by molar-refractivity contribution is 0.0461. The number of hydrogen-bond donors (Lipinski definition) is 0. The van der Waals surface area contributed by atoms with E-state index in [9.17, 15) is 22.4 Å². The third-order valence-corrected chi connectivity index (χ3v) is 4.79. The molecule has 2 aromatic rings. The summed E-state index contributed by atoms with van der Waals surface area (Å²) in [6.45, 7) is 6.18. The lowest BCUT2D eigenvalue weighted by Gasteiger charge is -2.13. The fourth-order valence-corrected chi connectivity index (χ4v) is 2.54. The zero-order valence-corrected chi connectivity index (χ0v) is 16.9. The van der Waals surface area contributed by atoms with Gasteiger partial charge in [0, 0.05) is 19.2 Å². The lowest BCUT2D eigenvalue weighted by Crippen LogP contribution is -2.14. The number of carbonyl (C=O) groups excluding carboxylic acids is 1. The first-order valence-corrected chi connectivity index (χ1v) is 8.93. The van der Waals surface area contributed by atoms with Gasteiger partial charge in [-0.1, -0.05) is 0 Å². The van der Waals surface area contributed by atoms with Crippen molar-refractivity contribution in [3.63, 3.8) is 0 Å². The van der Waals surface area contributed by atoms with Crippen LogP contribution in [0.25, 0.3) is 0 Å². The minimum Gasteiger partial charge on any atom is -0.457 e. The number of nitrogens with zero attached hydrogens (tertiary/aromatic N) is 2. The number of aliphatic imine (C=N–C) groups is 1. The monoisotopic (exact) mass is 410 g/mol. The van der Waals surface area contributed by atoms with E-state index >= 15 is 0 Å². The third kappa shape index (κ3) is 4.58. The molecule has 0 aliphatic heterocycles. The summed E-state index contributed by atoms with van der Waals surface area (Å²) in [7, 11) is 1.87. The SMILES string of the molecule is CCN(C)C=Nc1ccc(C(=O)OCc2c(F)c(F)c(C)c(F)c2F)c(C)c1C. The average molecular weight is 410 g/mol. The van der Waals surface area contributed by atoms with Crippen molar-refractivity contribution in [2.24, 2.45) is 4.99 Å². The van der Waals surface area contributed by atoms with Crippen LogP contribution in [0.1, 0.15) is 39.5 Å². The highest BCUT2D eigenvalue weighted by molar-refractivity contribution is 5.92. The molecule has 156 valence electrons. The third-order valence-electron chi connectivity index (χ3n) is 4.79. The molecule has 4 nitrogen and oxygen atoms in total. The van der Waals surface area contributed by atoms with Crippen LogP contribution in [0.4, 0.5) is 23.2 Å². The van der Waals surface area contributed by atoms with Crippen LogP contribution in [-0.2, 0) is 11.3 Å². The summed E-state index contributed by atoms with van der Waals surface area (Å²) < 4.78 is 60.1. The van der Waals surface area contributed by atoms with E-state index in [0.717, 1.165) is 19.0 Å². The first kappa shape index (κ1) is 22.4. The Morgan fingerprint density at radius 2 is 1.59 bits per heavy atom. The van der Waals surface area contributed by atoms with E-state index in [1.54, 1.807) is 26.3 Å². The van der Waals surface area contributed by atoms with Gasteiger partial charge in [0.25, 0.3) is 0 Å². The molecule has 2 aromatic carbocycles. The van der Waals surface area contributed by atoms with Gasteiger partial charge in [-0.25, -0.2) is 27.3 Å². The zero-order chi connectivity index (χ0) is 21.9. The summed E-state index contributed by atoms with van der Waals surface area (Å²) in [5, 5.41) is 0. The summed E-state index contributed by atoms with van der Waals surface area (Å²) >= 11 is 0. The number of benzene rings is 2. The van der Waals surface area contributed by atoms with Crippen LogP contribution < -0.4 is 0 Å². The van der Waals surface area contributed by atoms with Gasteiger partial charge in [-0.2, -0.15) is 0 Å². The summed E-state index contributed by atoms with van der Waals surface area (Å²) in [6, 6.07) is 3.09. The molecule has 8 heteroatoms. The smallest absolute Gasteiger partial charge is 0.338 e. The van der Waals surface area contributed by atoms with Gasteiger partial charge in [0.15, 0.2) is 23.3 Å². The quantitative estimate of drug-likeness (QED) is 0.218. The van der Waals surface area contributed by atoms with Gasteiger partial charge >= 0.3 is 5.97 Å². The molecule has 0 fully saturated rings. The Labute approximate surface area is 166 Å². The standard InChI is InChI=1S/C21H22F4N2O2/c1-6-27(5)10-26-16-8-7-14(11(2)12(16)3)21(28)29-9-15-19(24)17(22)13(4)18(23)20(15)25/h7-8,10H,6,9H2,1-5H3. The molecule has 0 saturated heterocycles. The highest BCUT2D eigenvalue weighted by Gasteiger charge is 2.24. The molecule has 0 atom stereocenters. The van der Waals surface area contributed by atoms with Crippen molar-refractivity contribution < 1.29 is 27.1 Å². The molecule has 0 bridgehead atoms. The van der Waals surface area contributed by atoms with Gasteiger partial charge in [-0.05, 0) is 51.0 Å². The Balaban J connectivity index is 2.25. The van der Waals surface area contributed by atoms with Gasteiger partial charge in [0.2, 0.25) is 0 Å². The maximum atomic E-state index is 13.9. The van der Waals surface area contributed by atoms with Crippen LogP contribution in [0.3, 0.4) is 0 Å². The number of rotatable bonds is 6. The minimum absolute atomic E-state index is 0.166. The van der Waals surface area contributed by atoms with E-state index in [2.05, 4.69) is 4.99 Å². The fourth-order valence-electron chi connectivity index (χ4n) is 2.54. The summed E-state index contributed by atoms with van der Waals surface area (Å²) in [5.41, 5.74) is 0.373. The van der Waals surface area contributed by atoms with Crippen molar-refractivity contribution in [2.75, 3.05) is 13.6 Å². The second-order valence-corrected chi connectivity index (χ2v) is 6.64. The molecule has 0 saturated carbocycles. The number of esters is 1. The summed E-state index contributed by atoms with van der Waals surface area (Å²) in [4.78, 5) is 18.6. The van der Waals surface area contributed by atoms with Crippen LogP contribution >= 0.6 is 0 Å². The molecule has 0 heterocycles. The van der Waals surface area contributed by atoms with E-state index in [-0.39, 0.29) is 5.56 Å². The molecular formula is C21H22F4N2O2. The topological polar surface area (TPSA) is 41.9 Å². The molecular weight excluding hydrogens is 388 g/mol. The van der Waals surface area contributed by atoms with Gasteiger partial charge in [0.05, 0.1) is 23.2 Å². The first-order chi connectivity index (χ1) is 13.6. The largest absolute Gasteiger partial charge is 0.457 e. The normalized spacial score (nSPS) is 11.2. The van der Waals surface area contributed by atoms with E-state index in [4.69, 9.17) is 4.74 Å². The minimum atomic E-state index is -1.58. The Morgan fingerprint density at radius 1 is 1.00 bits per heavy atom. The van der Waals surface area contributed by atoms with Crippen molar-refractivity contribution >= 4 is 18.0 Å². The highest BCUT2D eigenvalue weighted by Crippen LogP contribution is 2.27. The van der Waals surface area contributed by atoms with Crippen LogP contribution in [0.2, 0.25) is 0 Å². The number of carbonyl (C=O) groups is 1. The average Bonchev–Trinajstić information content (AvgIpc) is 2.71. The zero-order valence-electron chi connectivity index (χ0n) is 16.9. The fraction of sp³-hybridized carbons (Fsp3) is 0.333. The van der Waals surface area contributed by atoms with Crippen LogP contribution in [0.5, 0.6) is 0 Å². The molecule has 0 spiro atoms. The van der Waals surface area contributed by atoms with Crippen molar-refractivity contribution in [2.45, 2.75) is 34.3 Å². The van der Waals surface area contributed by atoms with E-state index in [1.165, 1.54) is 6.07 Å². The molecule has 0 radical (unpaired) electrons.